The zero-order valence-corrected chi connectivity index (χ0v) is 12.1. The third-order valence-corrected chi connectivity index (χ3v) is 5.12. The fourth-order valence-electron chi connectivity index (χ4n) is 3.26. The van der Waals surface area contributed by atoms with Crippen molar-refractivity contribution in [1.29, 1.82) is 0 Å². The number of carbonyl (C=O) groups is 1. The van der Waals surface area contributed by atoms with Crippen LogP contribution in [0, 0.1) is 5.92 Å². The Hall–Kier alpha value is -0.910. The summed E-state index contributed by atoms with van der Waals surface area (Å²) in [6.07, 6.45) is 1.21. The summed E-state index contributed by atoms with van der Waals surface area (Å²) < 4.78 is 5.16. The fourth-order valence-corrected chi connectivity index (χ4v) is 3.95. The number of thiophene rings is 1. The lowest BCUT2D eigenvalue weighted by atomic mass is 10.1. The van der Waals surface area contributed by atoms with E-state index in [9.17, 15) is 4.79 Å². The van der Waals surface area contributed by atoms with Crippen molar-refractivity contribution in [1.82, 2.24) is 9.80 Å². The van der Waals surface area contributed by atoms with Crippen LogP contribution in [0.15, 0.2) is 17.5 Å². The number of amides is 1. The second kappa shape index (κ2) is 5.61. The van der Waals surface area contributed by atoms with Crippen molar-refractivity contribution in [2.45, 2.75) is 12.5 Å². The van der Waals surface area contributed by atoms with E-state index in [-0.39, 0.29) is 5.91 Å². The van der Waals surface area contributed by atoms with E-state index in [1.165, 1.54) is 17.8 Å². The Balaban J connectivity index is 1.62. The minimum Gasteiger partial charge on any atom is -0.383 e. The summed E-state index contributed by atoms with van der Waals surface area (Å²) in [4.78, 5) is 17.7. The molecule has 0 radical (unpaired) electrons. The van der Waals surface area contributed by atoms with Crippen LogP contribution >= 0.6 is 11.3 Å². The van der Waals surface area contributed by atoms with E-state index in [0.29, 0.717) is 12.0 Å². The van der Waals surface area contributed by atoms with Gasteiger partial charge in [-0.3, -0.25) is 9.69 Å². The minimum absolute atomic E-state index is 0.205. The fraction of sp³-hybridized carbons (Fsp3) is 0.643. The molecule has 104 valence electrons. The summed E-state index contributed by atoms with van der Waals surface area (Å²) >= 11 is 1.54. The lowest BCUT2D eigenvalue weighted by molar-refractivity contribution is 0.0769. The number of methoxy groups -OCH3 is 1. The van der Waals surface area contributed by atoms with Crippen molar-refractivity contribution in [3.8, 4) is 0 Å². The highest BCUT2D eigenvalue weighted by molar-refractivity contribution is 7.12. The molecule has 0 aromatic carbocycles. The summed E-state index contributed by atoms with van der Waals surface area (Å²) in [6, 6.07) is 4.41. The molecule has 2 aliphatic rings. The van der Waals surface area contributed by atoms with E-state index in [1.807, 2.05) is 22.4 Å². The molecule has 5 heteroatoms. The molecule has 2 saturated heterocycles. The molecule has 1 aromatic rings. The highest BCUT2D eigenvalue weighted by atomic mass is 32.1. The van der Waals surface area contributed by atoms with Crippen LogP contribution < -0.4 is 0 Å². The Morgan fingerprint density at radius 2 is 2.42 bits per heavy atom. The number of hydrogen-bond donors (Lipinski definition) is 0. The molecule has 3 rings (SSSR count). The molecule has 4 nitrogen and oxygen atoms in total. The molecule has 0 spiro atoms. The van der Waals surface area contributed by atoms with Crippen LogP contribution in [0.5, 0.6) is 0 Å². The molecule has 0 saturated carbocycles. The van der Waals surface area contributed by atoms with Crippen LogP contribution in [0.3, 0.4) is 0 Å². The van der Waals surface area contributed by atoms with Crippen molar-refractivity contribution in [2.24, 2.45) is 5.92 Å². The molecule has 2 fully saturated rings. The number of hydrogen-bond acceptors (Lipinski definition) is 4. The second-order valence-electron chi connectivity index (χ2n) is 5.33. The van der Waals surface area contributed by atoms with Crippen LogP contribution in [-0.2, 0) is 4.74 Å². The van der Waals surface area contributed by atoms with Crippen LogP contribution in [-0.4, -0.2) is 61.6 Å². The van der Waals surface area contributed by atoms with Gasteiger partial charge in [-0.1, -0.05) is 6.07 Å². The van der Waals surface area contributed by atoms with Crippen molar-refractivity contribution in [2.75, 3.05) is 39.9 Å². The van der Waals surface area contributed by atoms with Crippen LogP contribution in [0.4, 0.5) is 0 Å². The van der Waals surface area contributed by atoms with Gasteiger partial charge in [0.25, 0.3) is 5.91 Å². The van der Waals surface area contributed by atoms with Gasteiger partial charge in [-0.25, -0.2) is 0 Å². The summed E-state index contributed by atoms with van der Waals surface area (Å²) in [7, 11) is 1.74. The van der Waals surface area contributed by atoms with Crippen LogP contribution in [0.2, 0.25) is 0 Å². The SMILES string of the molecule is COCCN1CC[C@@H]2CN(C(=O)c3cccs3)C[C@@H]21. The molecule has 0 aliphatic carbocycles. The lowest BCUT2D eigenvalue weighted by Crippen LogP contribution is -2.38. The zero-order chi connectivity index (χ0) is 13.2. The molecule has 2 atom stereocenters. The van der Waals surface area contributed by atoms with Gasteiger partial charge in [0.05, 0.1) is 11.5 Å². The molecular weight excluding hydrogens is 260 g/mol. The summed E-state index contributed by atoms with van der Waals surface area (Å²) in [5, 5.41) is 1.97. The smallest absolute Gasteiger partial charge is 0.263 e. The second-order valence-corrected chi connectivity index (χ2v) is 6.28. The van der Waals surface area contributed by atoms with E-state index in [4.69, 9.17) is 4.74 Å². The molecule has 3 heterocycles. The lowest BCUT2D eigenvalue weighted by Gasteiger charge is -2.24. The van der Waals surface area contributed by atoms with Gasteiger partial charge in [-0.2, -0.15) is 0 Å². The highest BCUT2D eigenvalue weighted by Gasteiger charge is 2.42. The molecule has 1 aromatic heterocycles. The molecule has 0 bridgehead atoms. The summed E-state index contributed by atoms with van der Waals surface area (Å²) in [5.41, 5.74) is 0. The Bertz CT molecular complexity index is 435. The van der Waals surface area contributed by atoms with Crippen molar-refractivity contribution in [3.63, 3.8) is 0 Å². The van der Waals surface area contributed by atoms with Gasteiger partial charge < -0.3 is 9.64 Å². The average molecular weight is 280 g/mol. The van der Waals surface area contributed by atoms with Crippen LogP contribution in [0.1, 0.15) is 16.1 Å². The van der Waals surface area contributed by atoms with Gasteiger partial charge in [0.15, 0.2) is 0 Å². The normalized spacial score (nSPS) is 26.9. The summed E-state index contributed by atoms with van der Waals surface area (Å²) in [5.74, 6) is 0.858. The molecule has 2 aliphatic heterocycles. The van der Waals surface area contributed by atoms with Crippen LogP contribution in [0.25, 0.3) is 0 Å². The van der Waals surface area contributed by atoms with Crippen molar-refractivity contribution >= 4 is 17.2 Å². The topological polar surface area (TPSA) is 32.8 Å². The van der Waals surface area contributed by atoms with E-state index in [1.54, 1.807) is 7.11 Å². The van der Waals surface area contributed by atoms with E-state index in [2.05, 4.69) is 4.90 Å². The van der Waals surface area contributed by atoms with Crippen molar-refractivity contribution < 1.29 is 9.53 Å². The first-order chi connectivity index (χ1) is 9.29. The van der Waals surface area contributed by atoms with Gasteiger partial charge >= 0.3 is 0 Å². The molecule has 0 N–H and O–H groups in total. The largest absolute Gasteiger partial charge is 0.383 e. The Kier molecular flexibility index (Phi) is 3.86. The van der Waals surface area contributed by atoms with Gasteiger partial charge in [0, 0.05) is 32.8 Å². The Morgan fingerprint density at radius 1 is 1.53 bits per heavy atom. The van der Waals surface area contributed by atoms with Crippen molar-refractivity contribution in [3.05, 3.63) is 22.4 Å². The Morgan fingerprint density at radius 3 is 3.16 bits per heavy atom. The highest BCUT2D eigenvalue weighted by Crippen LogP contribution is 2.32. The quantitative estimate of drug-likeness (QED) is 0.839. The predicted octanol–water partition coefficient (Wildman–Crippen LogP) is 1.54. The maximum Gasteiger partial charge on any atom is 0.263 e. The summed E-state index contributed by atoms with van der Waals surface area (Å²) in [6.45, 7) is 4.72. The van der Waals surface area contributed by atoms with Gasteiger partial charge in [0.1, 0.15) is 0 Å². The van der Waals surface area contributed by atoms with E-state index < -0.39 is 0 Å². The van der Waals surface area contributed by atoms with Gasteiger partial charge in [-0.15, -0.1) is 11.3 Å². The predicted molar refractivity (Wildman–Crippen MR) is 75.6 cm³/mol. The maximum atomic E-state index is 12.4. The number of carbonyl (C=O) groups excluding carboxylic acids is 1. The first-order valence-electron chi connectivity index (χ1n) is 6.85. The molecule has 0 unspecified atom stereocenters. The van der Waals surface area contributed by atoms with E-state index in [0.717, 1.165) is 37.7 Å². The first kappa shape index (κ1) is 13.1. The number of likely N-dealkylation sites (tertiary alicyclic amines) is 2. The number of fused-ring (bicyclic) bond motifs is 1. The van der Waals surface area contributed by atoms with E-state index >= 15 is 0 Å². The standard InChI is InChI=1S/C14H20N2O2S/c1-18-7-6-15-5-4-11-9-16(10-12(11)15)14(17)13-3-2-8-19-13/h2-3,8,11-12H,4-7,9-10H2,1H3/t11-,12+/m1/s1. The minimum atomic E-state index is 0.205. The molecule has 19 heavy (non-hydrogen) atoms. The number of rotatable bonds is 4. The first-order valence-corrected chi connectivity index (χ1v) is 7.73. The maximum absolute atomic E-state index is 12.4. The third-order valence-electron chi connectivity index (χ3n) is 4.26. The molecule has 1 amide bonds. The Labute approximate surface area is 118 Å². The molecular formula is C14H20N2O2S. The third kappa shape index (κ3) is 2.55. The number of ether oxygens (including phenoxy) is 1. The van der Waals surface area contributed by atoms with Gasteiger partial charge in [0.2, 0.25) is 0 Å². The zero-order valence-electron chi connectivity index (χ0n) is 11.2. The number of nitrogens with zero attached hydrogens (tertiary/aromatic N) is 2. The average Bonchev–Trinajstić information content (AvgIpc) is 3.12. The van der Waals surface area contributed by atoms with Gasteiger partial charge in [-0.05, 0) is 30.3 Å². The monoisotopic (exact) mass is 280 g/mol.